The second kappa shape index (κ2) is 10.6. The Morgan fingerprint density at radius 2 is 1.79 bits per heavy atom. The van der Waals surface area contributed by atoms with E-state index >= 15 is 0 Å². The zero-order chi connectivity index (χ0) is 27.9. The molecule has 4 rings (SSSR count). The molecule has 38 heavy (non-hydrogen) atoms. The van der Waals surface area contributed by atoms with Crippen molar-refractivity contribution < 1.29 is 9.18 Å². The number of benzene rings is 2. The van der Waals surface area contributed by atoms with E-state index in [9.17, 15) is 23.6 Å². The van der Waals surface area contributed by atoms with Crippen LogP contribution in [0.25, 0.3) is 16.6 Å². The summed E-state index contributed by atoms with van der Waals surface area (Å²) in [7, 11) is 4.80. The van der Waals surface area contributed by atoms with E-state index in [1.54, 1.807) is 58.3 Å². The number of anilines is 2. The number of hydrogen-bond acceptors (Lipinski definition) is 5. The number of hydrogen-bond donors (Lipinski definition) is 1. The molecule has 0 aliphatic rings. The largest absolute Gasteiger partial charge is 0.349 e. The Morgan fingerprint density at radius 1 is 1.08 bits per heavy atom. The summed E-state index contributed by atoms with van der Waals surface area (Å²) in [5, 5.41) is 2.99. The van der Waals surface area contributed by atoms with Crippen molar-refractivity contribution in [1.82, 2.24) is 18.6 Å². The summed E-state index contributed by atoms with van der Waals surface area (Å²) in [4.78, 5) is 54.4. The van der Waals surface area contributed by atoms with Gasteiger partial charge in [-0.2, -0.15) is 0 Å². The summed E-state index contributed by atoms with van der Waals surface area (Å²) in [5.41, 5.74) is -0.230. The van der Waals surface area contributed by atoms with Gasteiger partial charge in [0.05, 0.1) is 23.3 Å². The van der Waals surface area contributed by atoms with Crippen molar-refractivity contribution in [2.24, 2.45) is 7.05 Å². The first-order chi connectivity index (χ1) is 18.0. The number of aromatic nitrogens is 3. The number of likely N-dealkylation sites (N-methyl/N-ethyl adjacent to an activating group) is 1. The predicted octanol–water partition coefficient (Wildman–Crippen LogP) is 3.30. The maximum Gasteiger partial charge on any atom is 0.336 e. The normalized spacial score (nSPS) is 11.1. The Morgan fingerprint density at radius 3 is 2.42 bits per heavy atom. The number of carbonyl (C=O) groups is 1. The van der Waals surface area contributed by atoms with Crippen LogP contribution in [0.5, 0.6) is 0 Å². The number of carbonyl (C=O) groups excluding carboxylic acids is 1. The molecule has 0 saturated heterocycles. The fourth-order valence-electron chi connectivity index (χ4n) is 4.36. The second-order valence-electron chi connectivity index (χ2n) is 9.11. The summed E-state index contributed by atoms with van der Waals surface area (Å²) in [6.45, 7) is 3.29. The molecule has 1 N–H and O–H groups in total. The number of fused-ring (bicyclic) bond motifs is 1. The van der Waals surface area contributed by atoms with Gasteiger partial charge in [0.2, 0.25) is 5.91 Å². The zero-order valence-corrected chi connectivity index (χ0v) is 23.8. The Balaban J connectivity index is 2.10. The van der Waals surface area contributed by atoms with Gasteiger partial charge in [-0.05, 0) is 72.3 Å². The molecular formula is C27H27FIN5O4. The minimum absolute atomic E-state index is 0.0654. The molecule has 2 aromatic heterocycles. The van der Waals surface area contributed by atoms with E-state index in [0.29, 0.717) is 14.8 Å². The van der Waals surface area contributed by atoms with Crippen LogP contribution in [0, 0.1) is 16.3 Å². The topological polar surface area (TPSA) is 98.3 Å². The van der Waals surface area contributed by atoms with Gasteiger partial charge >= 0.3 is 5.69 Å². The first-order valence-electron chi connectivity index (χ1n) is 11.9. The highest BCUT2D eigenvalue weighted by molar-refractivity contribution is 14.1. The van der Waals surface area contributed by atoms with Crippen molar-refractivity contribution in [1.29, 1.82) is 0 Å². The van der Waals surface area contributed by atoms with E-state index in [2.05, 4.69) is 5.32 Å². The van der Waals surface area contributed by atoms with Crippen LogP contribution in [0.3, 0.4) is 0 Å². The van der Waals surface area contributed by atoms with Gasteiger partial charge in [-0.1, -0.05) is 12.1 Å². The van der Waals surface area contributed by atoms with Crippen LogP contribution in [0.4, 0.5) is 15.9 Å². The summed E-state index contributed by atoms with van der Waals surface area (Å²) < 4.78 is 19.1. The maximum absolute atomic E-state index is 14.8. The highest BCUT2D eigenvalue weighted by Crippen LogP contribution is 2.27. The highest BCUT2D eigenvalue weighted by Gasteiger charge is 2.23. The van der Waals surface area contributed by atoms with Gasteiger partial charge in [-0.15, -0.1) is 0 Å². The number of aryl methyl sites for hydroxylation is 1. The maximum atomic E-state index is 14.8. The van der Waals surface area contributed by atoms with Crippen molar-refractivity contribution in [3.63, 3.8) is 0 Å². The first-order valence-corrected chi connectivity index (χ1v) is 12.9. The lowest BCUT2D eigenvalue weighted by molar-refractivity contribution is -0.127. The minimum Gasteiger partial charge on any atom is -0.349 e. The fraction of sp³-hybridized carbons (Fsp3) is 0.259. The Bertz CT molecular complexity index is 1770. The van der Waals surface area contributed by atoms with Crippen molar-refractivity contribution >= 4 is 50.9 Å². The predicted molar refractivity (Wildman–Crippen MR) is 154 cm³/mol. The average Bonchev–Trinajstić information content (AvgIpc) is 2.87. The van der Waals surface area contributed by atoms with Crippen molar-refractivity contribution in [2.75, 3.05) is 19.4 Å². The fourth-order valence-corrected chi connectivity index (χ4v) is 4.82. The van der Waals surface area contributed by atoms with Gasteiger partial charge in [-0.3, -0.25) is 28.1 Å². The molecular weight excluding hydrogens is 604 g/mol. The van der Waals surface area contributed by atoms with Crippen molar-refractivity contribution in [2.45, 2.75) is 26.8 Å². The molecule has 9 nitrogen and oxygen atoms in total. The molecule has 198 valence electrons. The third-order valence-corrected chi connectivity index (χ3v) is 7.09. The van der Waals surface area contributed by atoms with E-state index in [0.717, 1.165) is 4.57 Å². The van der Waals surface area contributed by atoms with Gasteiger partial charge in [-0.25, -0.2) is 9.18 Å². The standard InChI is InChI=1S/C27H27FIN5O4/c1-6-33-26(37)22-23(34(27(33)38)18-9-7-8-16(12-18)13-21(35)31(3)4)15(2)25(36)32(5)24(22)30-20-11-10-17(29)14-19(20)28/h7-12,14,30H,6,13H2,1-5H3. The molecule has 0 atom stereocenters. The lowest BCUT2D eigenvalue weighted by atomic mass is 10.1. The number of halogens is 2. The van der Waals surface area contributed by atoms with Gasteiger partial charge < -0.3 is 10.2 Å². The number of nitrogens with one attached hydrogen (secondary N) is 1. The molecule has 0 fully saturated rings. The third kappa shape index (κ3) is 4.77. The zero-order valence-electron chi connectivity index (χ0n) is 21.6. The molecule has 0 bridgehead atoms. The number of amides is 1. The number of rotatable bonds is 6. The Hall–Kier alpha value is -3.74. The summed E-state index contributed by atoms with van der Waals surface area (Å²) in [6.07, 6.45) is 0.112. The van der Waals surface area contributed by atoms with Gasteiger partial charge in [0.25, 0.3) is 11.1 Å². The van der Waals surface area contributed by atoms with Gasteiger partial charge in [0.1, 0.15) is 17.0 Å². The molecule has 2 heterocycles. The van der Waals surface area contributed by atoms with Crippen molar-refractivity contribution in [3.8, 4) is 5.69 Å². The molecule has 1 amide bonds. The van der Waals surface area contributed by atoms with E-state index in [-0.39, 0.29) is 46.8 Å². The van der Waals surface area contributed by atoms with Gasteiger partial charge in [0.15, 0.2) is 0 Å². The van der Waals surface area contributed by atoms with Crippen LogP contribution in [0.2, 0.25) is 0 Å². The van der Waals surface area contributed by atoms with Crippen LogP contribution < -0.4 is 22.1 Å². The third-order valence-electron chi connectivity index (χ3n) is 6.42. The monoisotopic (exact) mass is 631 g/mol. The smallest absolute Gasteiger partial charge is 0.336 e. The average molecular weight is 631 g/mol. The van der Waals surface area contributed by atoms with E-state index < -0.39 is 22.6 Å². The highest BCUT2D eigenvalue weighted by atomic mass is 127. The van der Waals surface area contributed by atoms with E-state index in [1.807, 2.05) is 22.6 Å². The SMILES string of the molecule is CCn1c(=O)c2c(Nc3ccc(I)cc3F)n(C)c(=O)c(C)c2n(-c2cccc(CC(=O)N(C)C)c2)c1=O. The molecule has 0 radical (unpaired) electrons. The Kier molecular flexibility index (Phi) is 7.58. The van der Waals surface area contributed by atoms with E-state index in [4.69, 9.17) is 0 Å². The molecule has 0 unspecified atom stereocenters. The van der Waals surface area contributed by atoms with Gasteiger partial charge in [0, 0.05) is 36.8 Å². The van der Waals surface area contributed by atoms with Crippen LogP contribution in [0.1, 0.15) is 18.1 Å². The number of nitrogens with zero attached hydrogens (tertiary/aromatic N) is 4. The lowest BCUT2D eigenvalue weighted by Crippen LogP contribution is -2.41. The van der Waals surface area contributed by atoms with Crippen LogP contribution in [-0.2, 0) is 24.8 Å². The minimum atomic E-state index is -0.621. The lowest BCUT2D eigenvalue weighted by Gasteiger charge is -2.20. The summed E-state index contributed by atoms with van der Waals surface area (Å²) in [5.74, 6) is -0.606. The molecule has 2 aromatic carbocycles. The van der Waals surface area contributed by atoms with Crippen LogP contribution in [0.15, 0.2) is 56.8 Å². The second-order valence-corrected chi connectivity index (χ2v) is 10.4. The quantitative estimate of drug-likeness (QED) is 0.330. The molecule has 0 aliphatic carbocycles. The molecule has 0 saturated carbocycles. The molecule has 4 aromatic rings. The van der Waals surface area contributed by atoms with Crippen molar-refractivity contribution in [3.05, 3.63) is 94.2 Å². The van der Waals surface area contributed by atoms with Crippen LogP contribution >= 0.6 is 22.6 Å². The van der Waals surface area contributed by atoms with Crippen LogP contribution in [-0.4, -0.2) is 38.6 Å². The van der Waals surface area contributed by atoms with E-state index in [1.165, 1.54) is 33.2 Å². The molecule has 0 aliphatic heterocycles. The first kappa shape index (κ1) is 27.3. The summed E-state index contributed by atoms with van der Waals surface area (Å²) >= 11 is 1.99. The summed E-state index contributed by atoms with van der Waals surface area (Å²) in [6, 6.07) is 11.4. The Labute approximate surface area is 231 Å². The molecule has 0 spiro atoms. The molecule has 11 heteroatoms. The number of pyridine rings is 1.